The van der Waals surface area contributed by atoms with E-state index < -0.39 is 11.9 Å². The number of hydrogen-bond donors (Lipinski definition) is 2. The van der Waals surface area contributed by atoms with Crippen molar-refractivity contribution in [3.8, 4) is 0 Å². The van der Waals surface area contributed by atoms with Crippen molar-refractivity contribution in [3.05, 3.63) is 53.6 Å². The lowest BCUT2D eigenvalue weighted by Crippen LogP contribution is -2.01. The summed E-state index contributed by atoms with van der Waals surface area (Å²) in [6.45, 7) is 0. The lowest BCUT2D eigenvalue weighted by atomic mass is 10.1. The van der Waals surface area contributed by atoms with Crippen molar-refractivity contribution in [2.75, 3.05) is 7.11 Å². The maximum atomic E-state index is 11.8. The van der Waals surface area contributed by atoms with E-state index in [9.17, 15) is 9.59 Å². The van der Waals surface area contributed by atoms with Crippen LogP contribution in [0, 0.1) is 0 Å². The van der Waals surface area contributed by atoms with Crippen LogP contribution in [-0.4, -0.2) is 29.1 Å². The molecule has 0 radical (unpaired) electrons. The molecule has 2 aromatic carbocycles. The zero-order valence-corrected chi connectivity index (χ0v) is 11.8. The number of H-pyrrole nitrogens is 1. The third-order valence-electron chi connectivity index (χ3n) is 3.48. The van der Waals surface area contributed by atoms with Gasteiger partial charge in [0.2, 0.25) is 0 Å². The Labute approximate surface area is 125 Å². The number of benzene rings is 2. The standard InChI is InChI=1S/C17H13NO4/c1-22-17(21)12-4-2-3-11-13-9-10(6-8-15(19)20)5-7-14(13)18-16(11)12/h2-9,18H,1H3,(H,19,20)/b8-6+. The highest BCUT2D eigenvalue weighted by Crippen LogP contribution is 2.29. The lowest BCUT2D eigenvalue weighted by Gasteiger charge is -2.00. The number of para-hydroxylation sites is 1. The van der Waals surface area contributed by atoms with Gasteiger partial charge in [-0.2, -0.15) is 0 Å². The zero-order valence-electron chi connectivity index (χ0n) is 11.8. The van der Waals surface area contributed by atoms with Crippen LogP contribution in [0.4, 0.5) is 0 Å². The van der Waals surface area contributed by atoms with Crippen molar-refractivity contribution in [2.45, 2.75) is 0 Å². The lowest BCUT2D eigenvalue weighted by molar-refractivity contribution is -0.131. The highest BCUT2D eigenvalue weighted by atomic mass is 16.5. The second kappa shape index (κ2) is 5.37. The van der Waals surface area contributed by atoms with E-state index in [1.165, 1.54) is 13.2 Å². The maximum Gasteiger partial charge on any atom is 0.339 e. The molecule has 5 heteroatoms. The number of hydrogen-bond acceptors (Lipinski definition) is 3. The second-order valence-corrected chi connectivity index (χ2v) is 4.82. The van der Waals surface area contributed by atoms with Gasteiger partial charge in [-0.15, -0.1) is 0 Å². The van der Waals surface area contributed by atoms with Gasteiger partial charge >= 0.3 is 11.9 Å². The van der Waals surface area contributed by atoms with Crippen LogP contribution in [0.15, 0.2) is 42.5 Å². The number of methoxy groups -OCH3 is 1. The quantitative estimate of drug-likeness (QED) is 0.574. The summed E-state index contributed by atoms with van der Waals surface area (Å²) in [5, 5.41) is 10.5. The number of carbonyl (C=O) groups excluding carboxylic acids is 1. The van der Waals surface area contributed by atoms with Gasteiger partial charge in [0.25, 0.3) is 0 Å². The smallest absolute Gasteiger partial charge is 0.339 e. The van der Waals surface area contributed by atoms with Crippen molar-refractivity contribution in [2.24, 2.45) is 0 Å². The number of carboxylic acids is 1. The molecule has 0 amide bonds. The molecule has 1 heterocycles. The Morgan fingerprint density at radius 2 is 2.00 bits per heavy atom. The van der Waals surface area contributed by atoms with E-state index in [2.05, 4.69) is 4.98 Å². The van der Waals surface area contributed by atoms with Gasteiger partial charge < -0.3 is 14.8 Å². The first kappa shape index (κ1) is 13.9. The number of fused-ring (bicyclic) bond motifs is 3. The Bertz CT molecular complexity index is 921. The molecule has 0 bridgehead atoms. The fourth-order valence-corrected chi connectivity index (χ4v) is 2.49. The zero-order chi connectivity index (χ0) is 15.7. The predicted octanol–water partition coefficient (Wildman–Crippen LogP) is 3.21. The van der Waals surface area contributed by atoms with Gasteiger partial charge in [0, 0.05) is 22.4 Å². The molecule has 0 aliphatic carbocycles. The molecule has 0 saturated heterocycles. The van der Waals surface area contributed by atoms with Crippen LogP contribution in [-0.2, 0) is 9.53 Å². The number of aromatic nitrogens is 1. The van der Waals surface area contributed by atoms with Crippen LogP contribution < -0.4 is 0 Å². The van der Waals surface area contributed by atoms with Gasteiger partial charge in [-0.05, 0) is 29.8 Å². The van der Waals surface area contributed by atoms with Crippen LogP contribution in [0.1, 0.15) is 15.9 Å². The summed E-state index contributed by atoms with van der Waals surface area (Å²) in [4.78, 5) is 25.6. The molecule has 0 atom stereocenters. The van der Waals surface area contributed by atoms with Crippen LogP contribution >= 0.6 is 0 Å². The summed E-state index contributed by atoms with van der Waals surface area (Å²) < 4.78 is 4.79. The van der Waals surface area contributed by atoms with Gasteiger partial charge in [-0.1, -0.05) is 18.2 Å². The van der Waals surface area contributed by atoms with Crippen molar-refractivity contribution in [1.29, 1.82) is 0 Å². The summed E-state index contributed by atoms with van der Waals surface area (Å²) in [5.41, 5.74) is 2.83. The average Bonchev–Trinajstić information content (AvgIpc) is 2.90. The highest BCUT2D eigenvalue weighted by molar-refractivity contribution is 6.14. The number of nitrogens with one attached hydrogen (secondary N) is 1. The molecule has 3 rings (SSSR count). The minimum absolute atomic E-state index is 0.400. The number of rotatable bonds is 3. The number of aliphatic carboxylic acids is 1. The minimum atomic E-state index is -0.994. The monoisotopic (exact) mass is 295 g/mol. The molecular formula is C17H13NO4. The Kier molecular flexibility index (Phi) is 3.39. The summed E-state index contributed by atoms with van der Waals surface area (Å²) in [6.07, 6.45) is 2.63. The van der Waals surface area contributed by atoms with Crippen molar-refractivity contribution < 1.29 is 19.4 Å². The number of carbonyl (C=O) groups is 2. The molecule has 110 valence electrons. The van der Waals surface area contributed by atoms with E-state index in [1.807, 2.05) is 24.3 Å². The van der Waals surface area contributed by atoms with E-state index in [0.717, 1.165) is 27.9 Å². The van der Waals surface area contributed by atoms with E-state index in [4.69, 9.17) is 9.84 Å². The van der Waals surface area contributed by atoms with E-state index in [1.54, 1.807) is 12.1 Å². The SMILES string of the molecule is COC(=O)c1cccc2c1[nH]c1ccc(/C=C/C(=O)O)cc12. The molecule has 0 spiro atoms. The molecule has 1 aromatic heterocycles. The molecule has 2 N–H and O–H groups in total. The predicted molar refractivity (Wildman–Crippen MR) is 83.8 cm³/mol. The summed E-state index contributed by atoms with van der Waals surface area (Å²) in [7, 11) is 1.35. The average molecular weight is 295 g/mol. The summed E-state index contributed by atoms with van der Waals surface area (Å²) in [5.74, 6) is -1.39. The van der Waals surface area contributed by atoms with E-state index in [0.29, 0.717) is 11.1 Å². The van der Waals surface area contributed by atoms with Crippen LogP contribution in [0.5, 0.6) is 0 Å². The summed E-state index contributed by atoms with van der Waals surface area (Å²) >= 11 is 0. The maximum absolute atomic E-state index is 11.8. The molecule has 0 fully saturated rings. The van der Waals surface area contributed by atoms with Gasteiger partial charge in [0.05, 0.1) is 18.2 Å². The molecule has 22 heavy (non-hydrogen) atoms. The van der Waals surface area contributed by atoms with E-state index >= 15 is 0 Å². The van der Waals surface area contributed by atoms with Crippen molar-refractivity contribution in [3.63, 3.8) is 0 Å². The van der Waals surface area contributed by atoms with Gasteiger partial charge in [0.1, 0.15) is 0 Å². The highest BCUT2D eigenvalue weighted by Gasteiger charge is 2.13. The number of carboxylic acid groups (broad SMARTS) is 1. The van der Waals surface area contributed by atoms with Crippen LogP contribution in [0.2, 0.25) is 0 Å². The molecule has 5 nitrogen and oxygen atoms in total. The Morgan fingerprint density at radius 3 is 2.73 bits per heavy atom. The molecular weight excluding hydrogens is 282 g/mol. The minimum Gasteiger partial charge on any atom is -0.478 e. The van der Waals surface area contributed by atoms with Crippen LogP contribution in [0.25, 0.3) is 27.9 Å². The molecule has 0 aliphatic heterocycles. The molecule has 3 aromatic rings. The van der Waals surface area contributed by atoms with Gasteiger partial charge in [-0.25, -0.2) is 9.59 Å². The third kappa shape index (κ3) is 2.33. The number of esters is 1. The largest absolute Gasteiger partial charge is 0.478 e. The second-order valence-electron chi connectivity index (χ2n) is 4.82. The molecule has 0 unspecified atom stereocenters. The normalized spacial score (nSPS) is 11.3. The van der Waals surface area contributed by atoms with E-state index in [-0.39, 0.29) is 0 Å². The fraction of sp³-hybridized carbons (Fsp3) is 0.0588. The molecule has 0 aliphatic rings. The van der Waals surface area contributed by atoms with Gasteiger partial charge in [0.15, 0.2) is 0 Å². The molecule has 0 saturated carbocycles. The third-order valence-corrected chi connectivity index (χ3v) is 3.48. The summed E-state index contributed by atoms with van der Waals surface area (Å²) in [6, 6.07) is 11.0. The first-order valence-electron chi connectivity index (χ1n) is 6.64. The van der Waals surface area contributed by atoms with Crippen LogP contribution in [0.3, 0.4) is 0 Å². The first-order valence-corrected chi connectivity index (χ1v) is 6.64. The Balaban J connectivity index is 2.22. The van der Waals surface area contributed by atoms with Crippen molar-refractivity contribution >= 4 is 39.8 Å². The Morgan fingerprint density at radius 1 is 1.18 bits per heavy atom. The number of ether oxygens (including phenoxy) is 1. The fourth-order valence-electron chi connectivity index (χ4n) is 2.49. The topological polar surface area (TPSA) is 79.4 Å². The van der Waals surface area contributed by atoms with Crippen molar-refractivity contribution in [1.82, 2.24) is 4.98 Å². The number of aromatic amines is 1. The Hall–Kier alpha value is -3.08. The van der Waals surface area contributed by atoms with Gasteiger partial charge in [-0.3, -0.25) is 0 Å². The first-order chi connectivity index (χ1) is 10.6.